The first-order valence-electron chi connectivity index (χ1n) is 21.3. The molecular weight excluding hydrogens is 719 g/mol. The van der Waals surface area contributed by atoms with E-state index >= 15 is 0 Å². The summed E-state index contributed by atoms with van der Waals surface area (Å²) in [5, 5.41) is 2.64. The SMILES string of the molecule is CC(C)(C)c1ccc(-c2ccccc2)c(N(c2ccccc2-c2cccc3c2C(C2CCCCC2)CC=C3)c2ccccc2-c2cccc3c2sc2ccccc23)c1. The summed E-state index contributed by atoms with van der Waals surface area (Å²) in [6, 6.07) is 59.3. The molecule has 2 aliphatic carbocycles. The largest absolute Gasteiger partial charge is 0.309 e. The van der Waals surface area contributed by atoms with Crippen LogP contribution in [0.4, 0.5) is 17.1 Å². The van der Waals surface area contributed by atoms with E-state index in [1.807, 2.05) is 11.3 Å². The van der Waals surface area contributed by atoms with Gasteiger partial charge in [0.25, 0.3) is 0 Å². The monoisotopic (exact) mass is 769 g/mol. The molecule has 0 saturated heterocycles. The smallest absolute Gasteiger partial charge is 0.0543 e. The van der Waals surface area contributed by atoms with Gasteiger partial charge in [0, 0.05) is 42.4 Å². The van der Waals surface area contributed by atoms with Gasteiger partial charge in [-0.2, -0.15) is 0 Å². The summed E-state index contributed by atoms with van der Waals surface area (Å²) in [4.78, 5) is 2.61. The van der Waals surface area contributed by atoms with E-state index in [4.69, 9.17) is 0 Å². The number of nitrogens with zero attached hydrogens (tertiary/aromatic N) is 1. The Morgan fingerprint density at radius 3 is 1.95 bits per heavy atom. The van der Waals surface area contributed by atoms with Crippen molar-refractivity contribution in [1.29, 1.82) is 0 Å². The number of rotatable bonds is 7. The average molecular weight is 770 g/mol. The average Bonchev–Trinajstić information content (AvgIpc) is 3.66. The minimum Gasteiger partial charge on any atom is -0.309 e. The maximum absolute atomic E-state index is 2.61. The van der Waals surface area contributed by atoms with Crippen LogP contribution in [-0.2, 0) is 5.41 Å². The van der Waals surface area contributed by atoms with Crippen molar-refractivity contribution >= 4 is 54.6 Å². The number of allylic oxidation sites excluding steroid dienone is 1. The number of thiophene rings is 1. The molecular formula is C56H51NS. The van der Waals surface area contributed by atoms with E-state index in [0.717, 1.165) is 12.3 Å². The molecule has 2 heteroatoms. The second-order valence-electron chi connectivity index (χ2n) is 17.4. The van der Waals surface area contributed by atoms with E-state index in [0.29, 0.717) is 5.92 Å². The third-order valence-electron chi connectivity index (χ3n) is 12.9. The Morgan fingerprint density at radius 1 is 0.534 bits per heavy atom. The zero-order chi connectivity index (χ0) is 39.2. The zero-order valence-corrected chi connectivity index (χ0v) is 34.7. The maximum atomic E-state index is 2.61. The number of hydrogen-bond acceptors (Lipinski definition) is 2. The maximum Gasteiger partial charge on any atom is 0.0543 e. The highest BCUT2D eigenvalue weighted by Crippen LogP contribution is 2.53. The summed E-state index contributed by atoms with van der Waals surface area (Å²) < 4.78 is 2.65. The van der Waals surface area contributed by atoms with Crippen LogP contribution >= 0.6 is 11.3 Å². The van der Waals surface area contributed by atoms with Gasteiger partial charge >= 0.3 is 0 Å². The lowest BCUT2D eigenvalue weighted by Gasteiger charge is -2.36. The van der Waals surface area contributed by atoms with Crippen molar-refractivity contribution in [3.63, 3.8) is 0 Å². The molecule has 7 aromatic carbocycles. The molecule has 1 atom stereocenters. The van der Waals surface area contributed by atoms with E-state index in [1.165, 1.54) is 114 Å². The van der Waals surface area contributed by atoms with Crippen LogP contribution in [0.15, 0.2) is 164 Å². The van der Waals surface area contributed by atoms with Gasteiger partial charge in [-0.25, -0.2) is 0 Å². The van der Waals surface area contributed by atoms with Crippen LogP contribution in [0, 0.1) is 5.92 Å². The molecule has 8 aromatic rings. The summed E-state index contributed by atoms with van der Waals surface area (Å²) in [6.45, 7) is 6.99. The van der Waals surface area contributed by atoms with Gasteiger partial charge in [-0.15, -0.1) is 11.3 Å². The van der Waals surface area contributed by atoms with Crippen LogP contribution in [0.25, 0.3) is 59.6 Å². The second kappa shape index (κ2) is 15.2. The van der Waals surface area contributed by atoms with Gasteiger partial charge in [0.1, 0.15) is 0 Å². The number of hydrogen-bond donors (Lipinski definition) is 0. The molecule has 1 heterocycles. The molecule has 0 N–H and O–H groups in total. The first-order chi connectivity index (χ1) is 28.4. The molecule has 1 saturated carbocycles. The Bertz CT molecular complexity index is 2790. The molecule has 0 radical (unpaired) electrons. The second-order valence-corrected chi connectivity index (χ2v) is 18.5. The molecule has 286 valence electrons. The Balaban J connectivity index is 1.27. The number of benzene rings is 7. The fourth-order valence-electron chi connectivity index (χ4n) is 9.99. The Labute approximate surface area is 348 Å². The van der Waals surface area contributed by atoms with Gasteiger partial charge in [-0.3, -0.25) is 0 Å². The third kappa shape index (κ3) is 6.58. The molecule has 10 rings (SSSR count). The molecule has 0 spiro atoms. The topological polar surface area (TPSA) is 3.24 Å². The van der Waals surface area contributed by atoms with Crippen LogP contribution in [-0.4, -0.2) is 0 Å². The van der Waals surface area contributed by atoms with Crippen molar-refractivity contribution in [2.45, 2.75) is 70.6 Å². The van der Waals surface area contributed by atoms with Crippen molar-refractivity contribution in [2.24, 2.45) is 5.92 Å². The van der Waals surface area contributed by atoms with Gasteiger partial charge in [-0.05, 0) is 88.6 Å². The van der Waals surface area contributed by atoms with Gasteiger partial charge in [0.15, 0.2) is 0 Å². The molecule has 1 nitrogen and oxygen atoms in total. The van der Waals surface area contributed by atoms with E-state index in [2.05, 4.69) is 196 Å². The Morgan fingerprint density at radius 2 is 1.17 bits per heavy atom. The van der Waals surface area contributed by atoms with Crippen molar-refractivity contribution in [3.8, 4) is 33.4 Å². The molecule has 0 amide bonds. The third-order valence-corrected chi connectivity index (χ3v) is 14.1. The molecule has 1 aromatic heterocycles. The molecule has 2 aliphatic rings. The minimum absolute atomic E-state index is 0.0462. The van der Waals surface area contributed by atoms with Crippen LogP contribution in [0.3, 0.4) is 0 Å². The van der Waals surface area contributed by atoms with Crippen molar-refractivity contribution in [1.82, 2.24) is 0 Å². The van der Waals surface area contributed by atoms with E-state index < -0.39 is 0 Å². The lowest BCUT2D eigenvalue weighted by atomic mass is 9.70. The van der Waals surface area contributed by atoms with Crippen molar-refractivity contribution < 1.29 is 0 Å². The Hall–Kier alpha value is -5.70. The number of fused-ring (bicyclic) bond motifs is 4. The summed E-state index contributed by atoms with van der Waals surface area (Å²) in [5.74, 6) is 1.25. The fourth-order valence-corrected chi connectivity index (χ4v) is 11.2. The van der Waals surface area contributed by atoms with Crippen molar-refractivity contribution in [2.75, 3.05) is 4.90 Å². The lowest BCUT2D eigenvalue weighted by Crippen LogP contribution is -2.20. The van der Waals surface area contributed by atoms with Gasteiger partial charge in [0.2, 0.25) is 0 Å². The zero-order valence-electron chi connectivity index (χ0n) is 33.9. The molecule has 0 aliphatic heterocycles. The fraction of sp³-hybridized carbons (Fsp3) is 0.214. The van der Waals surface area contributed by atoms with E-state index in [9.17, 15) is 0 Å². The van der Waals surface area contributed by atoms with E-state index in [1.54, 1.807) is 5.56 Å². The molecule has 1 fully saturated rings. The highest BCUT2D eigenvalue weighted by atomic mass is 32.1. The predicted molar refractivity (Wildman–Crippen MR) is 252 cm³/mol. The number of anilines is 3. The summed E-state index contributed by atoms with van der Waals surface area (Å²) in [7, 11) is 0. The van der Waals surface area contributed by atoms with Gasteiger partial charge in [-0.1, -0.05) is 186 Å². The normalized spacial score (nSPS) is 15.8. The predicted octanol–water partition coefficient (Wildman–Crippen LogP) is 16.9. The summed E-state index contributed by atoms with van der Waals surface area (Å²) in [6.07, 6.45) is 12.7. The standard InChI is InChI=1S/C56H51NS/c1-56(2,3)41-35-36-42(38-19-6-4-7-20-38)52(37-41)57(51-33-14-11-26-45(51)48-30-18-31-49-46-27-12-15-34-53(46)58-55(48)49)50-32-13-10-25-44(50)47-29-17-24-40-23-16-28-43(54(40)47)39-21-8-5-9-22-39/h4,6-7,10-20,23-27,29-37,39,43H,5,8-9,21-22,28H2,1-3H3. The summed E-state index contributed by atoms with van der Waals surface area (Å²) in [5.41, 5.74) is 15.3. The van der Waals surface area contributed by atoms with Gasteiger partial charge in [0.05, 0.1) is 17.1 Å². The molecule has 58 heavy (non-hydrogen) atoms. The van der Waals surface area contributed by atoms with Gasteiger partial charge < -0.3 is 4.90 Å². The van der Waals surface area contributed by atoms with Crippen LogP contribution < -0.4 is 4.90 Å². The minimum atomic E-state index is -0.0462. The number of para-hydroxylation sites is 2. The quantitative estimate of drug-likeness (QED) is 0.156. The van der Waals surface area contributed by atoms with Crippen LogP contribution in [0.5, 0.6) is 0 Å². The highest BCUT2D eigenvalue weighted by molar-refractivity contribution is 7.26. The molecule has 1 unspecified atom stereocenters. The lowest BCUT2D eigenvalue weighted by molar-refractivity contribution is 0.304. The Kier molecular flexibility index (Phi) is 9.62. The highest BCUT2D eigenvalue weighted by Gasteiger charge is 2.32. The van der Waals surface area contributed by atoms with Crippen LogP contribution in [0.2, 0.25) is 0 Å². The first kappa shape index (κ1) is 36.6. The van der Waals surface area contributed by atoms with Crippen molar-refractivity contribution in [3.05, 3.63) is 180 Å². The first-order valence-corrected chi connectivity index (χ1v) is 22.1. The molecule has 0 bridgehead atoms. The van der Waals surface area contributed by atoms with E-state index in [-0.39, 0.29) is 5.41 Å². The summed E-state index contributed by atoms with van der Waals surface area (Å²) >= 11 is 1.91. The van der Waals surface area contributed by atoms with Crippen LogP contribution in [0.1, 0.15) is 81.9 Å².